The molecule has 0 aromatic heterocycles. The van der Waals surface area contributed by atoms with Crippen LogP contribution in [-0.2, 0) is 11.2 Å². The zero-order valence-electron chi connectivity index (χ0n) is 10.7. The summed E-state index contributed by atoms with van der Waals surface area (Å²) in [6, 6.07) is 5.45. The smallest absolute Gasteiger partial charge is 0.251 e. The lowest BCUT2D eigenvalue weighted by atomic mass is 9.99. The topological polar surface area (TPSA) is 70.2 Å². The zero-order chi connectivity index (χ0) is 13.2. The largest absolute Gasteiger partial charge is 0.352 e. The van der Waals surface area contributed by atoms with Crippen LogP contribution in [0.3, 0.4) is 0 Å². The minimum absolute atomic E-state index is 0.0356. The van der Waals surface area contributed by atoms with Gasteiger partial charge in [-0.1, -0.05) is 0 Å². The summed E-state index contributed by atoms with van der Waals surface area (Å²) in [6.45, 7) is 2.69. The molecule has 2 amide bonds. The number of benzene rings is 1. The Bertz CT molecular complexity index is 523. The lowest BCUT2D eigenvalue weighted by Crippen LogP contribution is -2.48. The Kier molecular flexibility index (Phi) is 3.21. The van der Waals surface area contributed by atoms with E-state index in [1.807, 2.05) is 12.1 Å². The van der Waals surface area contributed by atoms with E-state index in [0.29, 0.717) is 24.3 Å². The molecule has 1 saturated heterocycles. The van der Waals surface area contributed by atoms with Gasteiger partial charge in [0, 0.05) is 43.2 Å². The SMILES string of the molecule is O=C1CCc2cc(C(=O)NCC3CNC3)ccc2N1. The Hall–Kier alpha value is -1.88. The first-order valence-electron chi connectivity index (χ1n) is 6.64. The third-order valence-electron chi connectivity index (χ3n) is 3.68. The van der Waals surface area contributed by atoms with Crippen molar-refractivity contribution in [1.29, 1.82) is 0 Å². The van der Waals surface area contributed by atoms with E-state index < -0.39 is 0 Å². The fourth-order valence-corrected chi connectivity index (χ4v) is 2.36. The van der Waals surface area contributed by atoms with E-state index in [9.17, 15) is 9.59 Å². The number of hydrogen-bond acceptors (Lipinski definition) is 3. The molecule has 2 aliphatic rings. The van der Waals surface area contributed by atoms with E-state index in [0.717, 1.165) is 30.9 Å². The van der Waals surface area contributed by atoms with Crippen LogP contribution in [-0.4, -0.2) is 31.4 Å². The summed E-state index contributed by atoms with van der Waals surface area (Å²) in [6.07, 6.45) is 1.20. The number of nitrogens with one attached hydrogen (secondary N) is 3. The third kappa shape index (κ3) is 2.61. The van der Waals surface area contributed by atoms with Gasteiger partial charge in [-0.25, -0.2) is 0 Å². The van der Waals surface area contributed by atoms with Gasteiger partial charge in [0.1, 0.15) is 0 Å². The highest BCUT2D eigenvalue weighted by Crippen LogP contribution is 2.23. The van der Waals surface area contributed by atoms with Crippen molar-refractivity contribution in [1.82, 2.24) is 10.6 Å². The van der Waals surface area contributed by atoms with E-state index in [2.05, 4.69) is 16.0 Å². The van der Waals surface area contributed by atoms with Crippen molar-refractivity contribution in [2.45, 2.75) is 12.8 Å². The number of fused-ring (bicyclic) bond motifs is 1. The average Bonchev–Trinajstić information content (AvgIpc) is 2.36. The molecule has 2 heterocycles. The summed E-state index contributed by atoms with van der Waals surface area (Å²) in [4.78, 5) is 23.3. The second kappa shape index (κ2) is 5.01. The Balaban J connectivity index is 1.67. The highest BCUT2D eigenvalue weighted by atomic mass is 16.2. The third-order valence-corrected chi connectivity index (χ3v) is 3.68. The summed E-state index contributed by atoms with van der Waals surface area (Å²) in [5.41, 5.74) is 2.54. The number of amides is 2. The van der Waals surface area contributed by atoms with Crippen LogP contribution in [0.2, 0.25) is 0 Å². The number of carbonyl (C=O) groups is 2. The van der Waals surface area contributed by atoms with Crippen molar-refractivity contribution < 1.29 is 9.59 Å². The Morgan fingerprint density at radius 1 is 1.32 bits per heavy atom. The molecular formula is C14H17N3O2. The molecule has 3 rings (SSSR count). The lowest BCUT2D eigenvalue weighted by Gasteiger charge is -2.27. The molecule has 0 unspecified atom stereocenters. The van der Waals surface area contributed by atoms with Gasteiger partial charge < -0.3 is 16.0 Å². The molecule has 5 nitrogen and oxygen atoms in total. The van der Waals surface area contributed by atoms with Gasteiger partial charge in [-0.2, -0.15) is 0 Å². The number of aryl methyl sites for hydroxylation is 1. The molecule has 0 radical (unpaired) electrons. The van der Waals surface area contributed by atoms with Crippen LogP contribution in [0.15, 0.2) is 18.2 Å². The molecular weight excluding hydrogens is 242 g/mol. The normalized spacial score (nSPS) is 18.2. The van der Waals surface area contributed by atoms with Crippen LogP contribution in [0.5, 0.6) is 0 Å². The molecule has 0 atom stereocenters. The second-order valence-corrected chi connectivity index (χ2v) is 5.15. The van der Waals surface area contributed by atoms with Crippen molar-refractivity contribution in [3.63, 3.8) is 0 Å². The van der Waals surface area contributed by atoms with Gasteiger partial charge in [0.05, 0.1) is 0 Å². The molecule has 1 aromatic carbocycles. The molecule has 19 heavy (non-hydrogen) atoms. The molecule has 100 valence electrons. The van der Waals surface area contributed by atoms with Crippen molar-refractivity contribution in [2.24, 2.45) is 5.92 Å². The summed E-state index contributed by atoms with van der Waals surface area (Å²) >= 11 is 0. The quantitative estimate of drug-likeness (QED) is 0.741. The van der Waals surface area contributed by atoms with Gasteiger partial charge in [-0.05, 0) is 30.2 Å². The van der Waals surface area contributed by atoms with Gasteiger partial charge in [0.2, 0.25) is 5.91 Å². The van der Waals surface area contributed by atoms with E-state index in [1.54, 1.807) is 6.07 Å². The van der Waals surface area contributed by atoms with E-state index in [4.69, 9.17) is 0 Å². The van der Waals surface area contributed by atoms with Gasteiger partial charge in [-0.15, -0.1) is 0 Å². The maximum atomic E-state index is 12.0. The van der Waals surface area contributed by atoms with Gasteiger partial charge >= 0.3 is 0 Å². The predicted molar refractivity (Wildman–Crippen MR) is 72.1 cm³/mol. The summed E-state index contributed by atoms with van der Waals surface area (Å²) < 4.78 is 0. The minimum atomic E-state index is -0.0356. The lowest BCUT2D eigenvalue weighted by molar-refractivity contribution is -0.116. The first kappa shape index (κ1) is 12.2. The Labute approximate surface area is 111 Å². The van der Waals surface area contributed by atoms with Crippen molar-refractivity contribution in [3.05, 3.63) is 29.3 Å². The Morgan fingerprint density at radius 3 is 2.89 bits per heavy atom. The van der Waals surface area contributed by atoms with Gasteiger partial charge in [0.25, 0.3) is 5.91 Å². The molecule has 1 aromatic rings. The van der Waals surface area contributed by atoms with Crippen LogP contribution in [0.1, 0.15) is 22.3 Å². The standard InChI is InChI=1S/C14H17N3O2/c18-13-4-2-10-5-11(1-3-12(10)17-13)14(19)16-8-9-6-15-7-9/h1,3,5,9,15H,2,4,6-8H2,(H,16,19)(H,17,18). The highest BCUT2D eigenvalue weighted by molar-refractivity contribution is 5.97. The number of hydrogen-bond donors (Lipinski definition) is 3. The predicted octanol–water partition coefficient (Wildman–Crippen LogP) is 0.520. The first-order valence-corrected chi connectivity index (χ1v) is 6.64. The highest BCUT2D eigenvalue weighted by Gasteiger charge is 2.19. The summed E-state index contributed by atoms with van der Waals surface area (Å²) in [7, 11) is 0. The zero-order valence-corrected chi connectivity index (χ0v) is 10.7. The second-order valence-electron chi connectivity index (χ2n) is 5.15. The van der Waals surface area contributed by atoms with E-state index >= 15 is 0 Å². The molecule has 1 fully saturated rings. The Morgan fingerprint density at radius 2 is 2.16 bits per heavy atom. The van der Waals surface area contributed by atoms with Crippen LogP contribution in [0.25, 0.3) is 0 Å². The van der Waals surface area contributed by atoms with Crippen LogP contribution in [0, 0.1) is 5.92 Å². The molecule has 5 heteroatoms. The molecule has 3 N–H and O–H groups in total. The van der Waals surface area contributed by atoms with Crippen LogP contribution in [0.4, 0.5) is 5.69 Å². The number of anilines is 1. The fourth-order valence-electron chi connectivity index (χ4n) is 2.36. The van der Waals surface area contributed by atoms with E-state index in [-0.39, 0.29) is 11.8 Å². The van der Waals surface area contributed by atoms with E-state index in [1.165, 1.54) is 0 Å². The van der Waals surface area contributed by atoms with Crippen molar-refractivity contribution >= 4 is 17.5 Å². The van der Waals surface area contributed by atoms with Crippen molar-refractivity contribution in [3.8, 4) is 0 Å². The summed E-state index contributed by atoms with van der Waals surface area (Å²) in [5, 5.41) is 8.94. The molecule has 0 aliphatic carbocycles. The maximum absolute atomic E-state index is 12.0. The minimum Gasteiger partial charge on any atom is -0.352 e. The van der Waals surface area contributed by atoms with Crippen molar-refractivity contribution in [2.75, 3.05) is 25.0 Å². The molecule has 0 spiro atoms. The maximum Gasteiger partial charge on any atom is 0.251 e. The molecule has 2 aliphatic heterocycles. The van der Waals surface area contributed by atoms with Gasteiger partial charge in [-0.3, -0.25) is 9.59 Å². The fraction of sp³-hybridized carbons (Fsp3) is 0.429. The molecule has 0 bridgehead atoms. The van der Waals surface area contributed by atoms with Gasteiger partial charge in [0.15, 0.2) is 0 Å². The summed E-state index contributed by atoms with van der Waals surface area (Å²) in [5.74, 6) is 0.564. The monoisotopic (exact) mass is 259 g/mol. The van der Waals surface area contributed by atoms with Crippen LogP contribution < -0.4 is 16.0 Å². The first-order chi connectivity index (χ1) is 9.22. The number of carbonyl (C=O) groups excluding carboxylic acids is 2. The number of rotatable bonds is 3. The molecule has 0 saturated carbocycles. The average molecular weight is 259 g/mol. The van der Waals surface area contributed by atoms with Crippen LogP contribution >= 0.6 is 0 Å².